The molecule has 1 aromatic carbocycles. The van der Waals surface area contributed by atoms with Crippen LogP contribution in [0.5, 0.6) is 5.75 Å². The van der Waals surface area contributed by atoms with Crippen LogP contribution >= 0.6 is 15.9 Å². The number of benzene rings is 1. The summed E-state index contributed by atoms with van der Waals surface area (Å²) in [6.07, 6.45) is 2.20. The predicted octanol–water partition coefficient (Wildman–Crippen LogP) is 4.98. The van der Waals surface area contributed by atoms with Gasteiger partial charge < -0.3 is 4.74 Å². The van der Waals surface area contributed by atoms with Crippen molar-refractivity contribution in [2.75, 3.05) is 11.9 Å². The van der Waals surface area contributed by atoms with E-state index in [9.17, 15) is 0 Å². The fourth-order valence-corrected chi connectivity index (χ4v) is 2.76. The molecule has 1 nitrogen and oxygen atoms in total. The van der Waals surface area contributed by atoms with E-state index in [-0.39, 0.29) is 0 Å². The lowest BCUT2D eigenvalue weighted by Crippen LogP contribution is -2.05. The second-order valence-electron chi connectivity index (χ2n) is 4.73. The number of ether oxygens (including phenoxy) is 1. The summed E-state index contributed by atoms with van der Waals surface area (Å²) in [5.74, 6) is 1.64. The Labute approximate surface area is 114 Å². The van der Waals surface area contributed by atoms with Crippen LogP contribution in [0.4, 0.5) is 0 Å². The van der Waals surface area contributed by atoms with E-state index in [0.717, 1.165) is 30.5 Å². The van der Waals surface area contributed by atoms with Gasteiger partial charge in [0.25, 0.3) is 0 Å². The third kappa shape index (κ3) is 4.02. The van der Waals surface area contributed by atoms with Crippen LogP contribution in [-0.2, 0) is 0 Å². The van der Waals surface area contributed by atoms with Gasteiger partial charge in [0.15, 0.2) is 0 Å². The zero-order valence-electron chi connectivity index (χ0n) is 11.3. The second kappa shape index (κ2) is 7.05. The quantitative estimate of drug-likeness (QED) is 0.673. The van der Waals surface area contributed by atoms with E-state index in [1.54, 1.807) is 0 Å². The van der Waals surface area contributed by atoms with Gasteiger partial charge in [-0.05, 0) is 43.7 Å². The molecule has 1 atom stereocenters. The van der Waals surface area contributed by atoms with Gasteiger partial charge in [-0.15, -0.1) is 0 Å². The first-order valence-corrected chi connectivity index (χ1v) is 7.52. The van der Waals surface area contributed by atoms with Gasteiger partial charge in [0.1, 0.15) is 5.75 Å². The first-order valence-electron chi connectivity index (χ1n) is 6.40. The fourth-order valence-electron chi connectivity index (χ4n) is 2.07. The zero-order valence-corrected chi connectivity index (χ0v) is 12.9. The number of hydrogen-bond donors (Lipinski definition) is 0. The van der Waals surface area contributed by atoms with Crippen LogP contribution in [0.25, 0.3) is 0 Å². The normalized spacial score (nSPS) is 12.5. The lowest BCUT2D eigenvalue weighted by atomic mass is 9.94. The highest BCUT2D eigenvalue weighted by atomic mass is 79.9. The molecule has 0 aliphatic heterocycles. The van der Waals surface area contributed by atoms with E-state index in [1.165, 1.54) is 16.7 Å². The third-order valence-corrected chi connectivity index (χ3v) is 3.43. The smallest absolute Gasteiger partial charge is 0.125 e. The molecule has 0 heterocycles. The van der Waals surface area contributed by atoms with Gasteiger partial charge >= 0.3 is 0 Å². The van der Waals surface area contributed by atoms with Crippen LogP contribution in [-0.4, -0.2) is 11.9 Å². The molecule has 0 spiro atoms. The van der Waals surface area contributed by atoms with Crippen molar-refractivity contribution in [3.8, 4) is 5.75 Å². The highest BCUT2D eigenvalue weighted by Gasteiger charge is 2.14. The van der Waals surface area contributed by atoms with Gasteiger partial charge in [0, 0.05) is 5.33 Å². The van der Waals surface area contributed by atoms with E-state index in [2.05, 4.69) is 55.8 Å². The molecule has 0 saturated carbocycles. The lowest BCUT2D eigenvalue weighted by molar-refractivity contribution is 0.310. The van der Waals surface area contributed by atoms with Crippen LogP contribution in [0.3, 0.4) is 0 Å². The first kappa shape index (κ1) is 14.6. The van der Waals surface area contributed by atoms with Crippen molar-refractivity contribution >= 4 is 15.9 Å². The standard InChI is InChI=1S/C15H23BrO/c1-5-8-17-15-13(4)9-11(2)10-14(15)12(3)6-7-16/h9-10,12H,5-8H2,1-4H3. The summed E-state index contributed by atoms with van der Waals surface area (Å²) in [5.41, 5.74) is 3.94. The fraction of sp³-hybridized carbons (Fsp3) is 0.600. The molecule has 2 heteroatoms. The topological polar surface area (TPSA) is 9.23 Å². The summed E-state index contributed by atoms with van der Waals surface area (Å²) in [6, 6.07) is 4.47. The number of alkyl halides is 1. The maximum Gasteiger partial charge on any atom is 0.125 e. The Balaban J connectivity index is 3.05. The SMILES string of the molecule is CCCOc1c(C)cc(C)cc1C(C)CCBr. The van der Waals surface area contributed by atoms with E-state index in [1.807, 2.05) is 0 Å². The summed E-state index contributed by atoms with van der Waals surface area (Å²) in [7, 11) is 0. The van der Waals surface area contributed by atoms with Crippen molar-refractivity contribution in [1.82, 2.24) is 0 Å². The molecular weight excluding hydrogens is 276 g/mol. The Morgan fingerprint density at radius 3 is 2.59 bits per heavy atom. The zero-order chi connectivity index (χ0) is 12.8. The van der Waals surface area contributed by atoms with Crippen molar-refractivity contribution in [1.29, 1.82) is 0 Å². The average Bonchev–Trinajstić information content (AvgIpc) is 2.27. The van der Waals surface area contributed by atoms with Gasteiger partial charge in [-0.25, -0.2) is 0 Å². The van der Waals surface area contributed by atoms with E-state index in [4.69, 9.17) is 4.74 Å². The lowest BCUT2D eigenvalue weighted by Gasteiger charge is -2.19. The number of hydrogen-bond acceptors (Lipinski definition) is 1. The van der Waals surface area contributed by atoms with Crippen LogP contribution in [0.15, 0.2) is 12.1 Å². The molecule has 0 aliphatic carbocycles. The summed E-state index contributed by atoms with van der Waals surface area (Å²) < 4.78 is 5.92. The van der Waals surface area contributed by atoms with E-state index < -0.39 is 0 Å². The van der Waals surface area contributed by atoms with Crippen LogP contribution in [0.2, 0.25) is 0 Å². The van der Waals surface area contributed by atoms with Crippen molar-refractivity contribution < 1.29 is 4.74 Å². The molecule has 0 saturated heterocycles. The molecule has 1 aromatic rings. The minimum absolute atomic E-state index is 0.542. The van der Waals surface area contributed by atoms with Gasteiger partial charge in [0.05, 0.1) is 6.61 Å². The first-order chi connectivity index (χ1) is 8.10. The minimum Gasteiger partial charge on any atom is -0.493 e. The molecule has 1 rings (SSSR count). The molecule has 0 N–H and O–H groups in total. The maximum atomic E-state index is 5.92. The second-order valence-corrected chi connectivity index (χ2v) is 5.52. The molecule has 1 unspecified atom stereocenters. The molecule has 0 amide bonds. The Hall–Kier alpha value is -0.500. The van der Waals surface area contributed by atoms with Crippen molar-refractivity contribution in [2.24, 2.45) is 0 Å². The maximum absolute atomic E-state index is 5.92. The average molecular weight is 299 g/mol. The molecule has 0 fully saturated rings. The molecule has 0 aromatic heterocycles. The summed E-state index contributed by atoms with van der Waals surface area (Å²) in [4.78, 5) is 0. The van der Waals surface area contributed by atoms with Crippen molar-refractivity contribution in [3.63, 3.8) is 0 Å². The molecule has 17 heavy (non-hydrogen) atoms. The predicted molar refractivity (Wildman–Crippen MR) is 78.5 cm³/mol. The summed E-state index contributed by atoms with van der Waals surface area (Å²) >= 11 is 3.52. The molecule has 0 radical (unpaired) electrons. The minimum atomic E-state index is 0.542. The van der Waals surface area contributed by atoms with Crippen LogP contribution < -0.4 is 4.74 Å². The Bertz CT molecular complexity index is 360. The van der Waals surface area contributed by atoms with Gasteiger partial charge in [-0.2, -0.15) is 0 Å². The van der Waals surface area contributed by atoms with Gasteiger partial charge in [-0.1, -0.05) is 47.5 Å². The van der Waals surface area contributed by atoms with E-state index >= 15 is 0 Å². The van der Waals surface area contributed by atoms with Gasteiger partial charge in [-0.3, -0.25) is 0 Å². The monoisotopic (exact) mass is 298 g/mol. The number of aryl methyl sites for hydroxylation is 2. The van der Waals surface area contributed by atoms with Gasteiger partial charge in [0.2, 0.25) is 0 Å². The Morgan fingerprint density at radius 1 is 1.29 bits per heavy atom. The van der Waals surface area contributed by atoms with Crippen LogP contribution in [0.1, 0.15) is 49.3 Å². The summed E-state index contributed by atoms with van der Waals surface area (Å²) in [5, 5.41) is 1.04. The highest BCUT2D eigenvalue weighted by molar-refractivity contribution is 9.09. The molecular formula is C15H23BrO. The van der Waals surface area contributed by atoms with E-state index in [0.29, 0.717) is 5.92 Å². The Morgan fingerprint density at radius 2 is 2.00 bits per heavy atom. The largest absolute Gasteiger partial charge is 0.493 e. The Kier molecular flexibility index (Phi) is 6.04. The highest BCUT2D eigenvalue weighted by Crippen LogP contribution is 2.33. The summed E-state index contributed by atoms with van der Waals surface area (Å²) in [6.45, 7) is 9.51. The number of halogens is 1. The third-order valence-electron chi connectivity index (χ3n) is 2.97. The molecule has 0 bridgehead atoms. The molecule has 0 aliphatic rings. The molecule has 96 valence electrons. The van der Waals surface area contributed by atoms with Crippen LogP contribution in [0, 0.1) is 13.8 Å². The number of rotatable bonds is 6. The van der Waals surface area contributed by atoms with Crippen molar-refractivity contribution in [3.05, 3.63) is 28.8 Å². The van der Waals surface area contributed by atoms with Crippen molar-refractivity contribution in [2.45, 2.75) is 46.5 Å².